The van der Waals surface area contributed by atoms with Crippen molar-refractivity contribution in [3.05, 3.63) is 53.1 Å². The van der Waals surface area contributed by atoms with Crippen LogP contribution in [0.5, 0.6) is 0 Å². The molecule has 0 aliphatic heterocycles. The number of rotatable bonds is 4. The average Bonchev–Trinajstić information content (AvgIpc) is 2.74. The third kappa shape index (κ3) is 2.83. The number of hydrogen-bond acceptors (Lipinski definition) is 1. The third-order valence-electron chi connectivity index (χ3n) is 2.40. The summed E-state index contributed by atoms with van der Waals surface area (Å²) >= 11 is 6.06. The molecule has 0 atom stereocenters. The van der Waals surface area contributed by atoms with E-state index in [9.17, 15) is 0 Å². The Morgan fingerprint density at radius 3 is 2.80 bits per heavy atom. The van der Waals surface area contributed by atoms with E-state index in [1.54, 1.807) is 6.33 Å². The fraction of sp³-hybridized carbons (Fsp3) is 0.250. The van der Waals surface area contributed by atoms with Gasteiger partial charge in [0.15, 0.2) is 0 Å². The molecule has 2 rings (SSSR count). The van der Waals surface area contributed by atoms with Gasteiger partial charge in [-0.15, -0.1) is 0 Å². The van der Waals surface area contributed by atoms with Crippen LogP contribution < -0.4 is 0 Å². The van der Waals surface area contributed by atoms with Crippen LogP contribution in [0.4, 0.5) is 0 Å². The van der Waals surface area contributed by atoms with Crippen LogP contribution in [0.3, 0.4) is 0 Å². The Balaban J connectivity index is 1.86. The predicted octanol–water partition coefficient (Wildman–Crippen LogP) is 3.24. The second kappa shape index (κ2) is 4.99. The van der Waals surface area contributed by atoms with Gasteiger partial charge in [-0.25, -0.2) is 4.98 Å². The molecule has 3 heteroatoms. The van der Waals surface area contributed by atoms with E-state index in [1.165, 1.54) is 11.3 Å². The summed E-state index contributed by atoms with van der Waals surface area (Å²) in [5.41, 5.74) is 2.40. The maximum absolute atomic E-state index is 6.06. The number of hydrogen-bond donors (Lipinski definition) is 1. The molecule has 0 aliphatic carbocycles. The van der Waals surface area contributed by atoms with Crippen molar-refractivity contribution in [2.45, 2.75) is 19.3 Å². The summed E-state index contributed by atoms with van der Waals surface area (Å²) in [6, 6.07) is 8.00. The maximum atomic E-state index is 6.06. The van der Waals surface area contributed by atoms with Gasteiger partial charge in [0.1, 0.15) is 0 Å². The first-order valence-electron chi connectivity index (χ1n) is 5.07. The molecule has 0 bridgehead atoms. The predicted molar refractivity (Wildman–Crippen MR) is 62.1 cm³/mol. The minimum Gasteiger partial charge on any atom is -0.348 e. The van der Waals surface area contributed by atoms with E-state index in [2.05, 4.69) is 16.0 Å². The van der Waals surface area contributed by atoms with Gasteiger partial charge < -0.3 is 4.98 Å². The highest BCUT2D eigenvalue weighted by Crippen LogP contribution is 2.17. The lowest BCUT2D eigenvalue weighted by Gasteiger charge is -2.02. The fourth-order valence-electron chi connectivity index (χ4n) is 1.59. The van der Waals surface area contributed by atoms with Crippen LogP contribution >= 0.6 is 11.6 Å². The number of halogens is 1. The van der Waals surface area contributed by atoms with E-state index in [-0.39, 0.29) is 0 Å². The molecule has 2 nitrogen and oxygen atoms in total. The molecule has 1 aromatic carbocycles. The van der Waals surface area contributed by atoms with Crippen molar-refractivity contribution >= 4 is 11.6 Å². The quantitative estimate of drug-likeness (QED) is 0.842. The molecule has 0 saturated carbocycles. The highest BCUT2D eigenvalue weighted by molar-refractivity contribution is 6.31. The molecular weight excluding hydrogens is 208 g/mol. The molecule has 1 N–H and O–H groups in total. The minimum atomic E-state index is 0.863. The van der Waals surface area contributed by atoms with Crippen LogP contribution in [0.1, 0.15) is 17.7 Å². The number of H-pyrrole nitrogens is 1. The van der Waals surface area contributed by atoms with Crippen LogP contribution in [0.2, 0.25) is 5.02 Å². The molecule has 0 aliphatic rings. The van der Waals surface area contributed by atoms with Gasteiger partial charge in [-0.1, -0.05) is 29.8 Å². The van der Waals surface area contributed by atoms with Gasteiger partial charge in [-0.05, 0) is 30.9 Å². The Kier molecular flexibility index (Phi) is 3.41. The number of aromatic amines is 1. The molecule has 0 spiro atoms. The van der Waals surface area contributed by atoms with Crippen molar-refractivity contribution in [3.8, 4) is 0 Å². The molecule has 0 radical (unpaired) electrons. The smallest absolute Gasteiger partial charge is 0.0921 e. The van der Waals surface area contributed by atoms with Gasteiger partial charge in [-0.3, -0.25) is 0 Å². The van der Waals surface area contributed by atoms with Crippen LogP contribution in [0.15, 0.2) is 36.8 Å². The van der Waals surface area contributed by atoms with Gasteiger partial charge in [0.25, 0.3) is 0 Å². The molecule has 0 saturated heterocycles. The number of imidazole rings is 1. The molecule has 1 aromatic heterocycles. The number of nitrogens with zero attached hydrogens (tertiary/aromatic N) is 1. The molecule has 1 heterocycles. The Morgan fingerprint density at radius 2 is 2.07 bits per heavy atom. The zero-order valence-electron chi connectivity index (χ0n) is 8.41. The zero-order chi connectivity index (χ0) is 10.5. The minimum absolute atomic E-state index is 0.863. The van der Waals surface area contributed by atoms with Gasteiger partial charge in [0.05, 0.1) is 6.33 Å². The van der Waals surface area contributed by atoms with Crippen LogP contribution in [0, 0.1) is 0 Å². The average molecular weight is 221 g/mol. The Labute approximate surface area is 94.3 Å². The highest BCUT2D eigenvalue weighted by atomic mass is 35.5. The number of nitrogens with one attached hydrogen (secondary N) is 1. The zero-order valence-corrected chi connectivity index (χ0v) is 9.17. The fourth-order valence-corrected chi connectivity index (χ4v) is 1.82. The van der Waals surface area contributed by atoms with Crippen molar-refractivity contribution in [3.63, 3.8) is 0 Å². The monoisotopic (exact) mass is 220 g/mol. The molecule has 0 fully saturated rings. The van der Waals surface area contributed by atoms with Crippen molar-refractivity contribution < 1.29 is 0 Å². The summed E-state index contributed by atoms with van der Waals surface area (Å²) in [4.78, 5) is 7.08. The largest absolute Gasteiger partial charge is 0.348 e. The maximum Gasteiger partial charge on any atom is 0.0921 e. The van der Waals surface area contributed by atoms with Crippen LogP contribution in [-0.4, -0.2) is 9.97 Å². The first-order chi connectivity index (χ1) is 7.36. The van der Waals surface area contributed by atoms with Crippen molar-refractivity contribution in [1.82, 2.24) is 9.97 Å². The molecular formula is C12H13ClN2. The molecule has 0 amide bonds. The lowest BCUT2D eigenvalue weighted by Crippen LogP contribution is -1.90. The third-order valence-corrected chi connectivity index (χ3v) is 2.77. The van der Waals surface area contributed by atoms with Crippen molar-refractivity contribution in [2.75, 3.05) is 0 Å². The normalized spacial score (nSPS) is 10.5. The standard InChI is InChI=1S/C12H13ClN2/c13-12-7-2-1-4-10(12)5-3-6-11-8-14-9-15-11/h1-2,4,7-9H,3,5-6H2,(H,14,15). The molecule has 78 valence electrons. The van der Waals surface area contributed by atoms with Gasteiger partial charge >= 0.3 is 0 Å². The lowest BCUT2D eigenvalue weighted by molar-refractivity contribution is 0.804. The number of aryl methyl sites for hydroxylation is 2. The van der Waals surface area contributed by atoms with Crippen molar-refractivity contribution in [1.29, 1.82) is 0 Å². The highest BCUT2D eigenvalue weighted by Gasteiger charge is 1.99. The number of benzene rings is 1. The Hall–Kier alpha value is -1.28. The van der Waals surface area contributed by atoms with E-state index in [1.807, 2.05) is 24.4 Å². The van der Waals surface area contributed by atoms with Gasteiger partial charge in [0.2, 0.25) is 0 Å². The first kappa shape index (κ1) is 10.2. The SMILES string of the molecule is Clc1ccccc1CCCc1cnc[nH]1. The summed E-state index contributed by atoms with van der Waals surface area (Å²) in [6.45, 7) is 0. The number of aromatic nitrogens is 2. The van der Waals surface area contributed by atoms with Gasteiger partial charge in [-0.2, -0.15) is 0 Å². The summed E-state index contributed by atoms with van der Waals surface area (Å²) in [5.74, 6) is 0. The second-order valence-electron chi connectivity index (χ2n) is 3.52. The second-order valence-corrected chi connectivity index (χ2v) is 3.93. The van der Waals surface area contributed by atoms with Crippen molar-refractivity contribution in [2.24, 2.45) is 0 Å². The topological polar surface area (TPSA) is 28.7 Å². The molecule has 15 heavy (non-hydrogen) atoms. The van der Waals surface area contributed by atoms with Crippen LogP contribution in [-0.2, 0) is 12.8 Å². The van der Waals surface area contributed by atoms with Gasteiger partial charge in [0, 0.05) is 16.9 Å². The summed E-state index contributed by atoms with van der Waals surface area (Å²) in [6.07, 6.45) is 6.70. The van der Waals surface area contributed by atoms with Crippen LogP contribution in [0.25, 0.3) is 0 Å². The van der Waals surface area contributed by atoms with E-state index in [0.29, 0.717) is 0 Å². The van der Waals surface area contributed by atoms with E-state index >= 15 is 0 Å². The molecule has 2 aromatic rings. The molecule has 0 unspecified atom stereocenters. The lowest BCUT2D eigenvalue weighted by atomic mass is 10.1. The summed E-state index contributed by atoms with van der Waals surface area (Å²) < 4.78 is 0. The summed E-state index contributed by atoms with van der Waals surface area (Å²) in [5, 5.41) is 0.863. The Morgan fingerprint density at radius 1 is 1.20 bits per heavy atom. The van der Waals surface area contributed by atoms with E-state index in [4.69, 9.17) is 11.6 Å². The van der Waals surface area contributed by atoms with E-state index in [0.717, 1.165) is 24.3 Å². The summed E-state index contributed by atoms with van der Waals surface area (Å²) in [7, 11) is 0. The van der Waals surface area contributed by atoms with E-state index < -0.39 is 0 Å². The first-order valence-corrected chi connectivity index (χ1v) is 5.45. The Bertz CT molecular complexity index is 409.